The largest absolute Gasteiger partial charge is 0.480 e. The first-order valence-electron chi connectivity index (χ1n) is 7.63. The maximum absolute atomic E-state index is 12.4. The lowest BCUT2D eigenvalue weighted by Gasteiger charge is -2.33. The highest BCUT2D eigenvalue weighted by Gasteiger charge is 2.51. The van der Waals surface area contributed by atoms with E-state index in [2.05, 4.69) is 0 Å². The summed E-state index contributed by atoms with van der Waals surface area (Å²) in [7, 11) is 0. The van der Waals surface area contributed by atoms with Gasteiger partial charge in [0.15, 0.2) is 17.0 Å². The fourth-order valence-corrected chi connectivity index (χ4v) is 2.40. The van der Waals surface area contributed by atoms with Crippen molar-refractivity contribution in [2.24, 2.45) is 5.41 Å². The molecule has 0 aliphatic carbocycles. The molecular weight excluding hydrogens is 288 g/mol. The molecule has 126 valence electrons. The zero-order chi connectivity index (χ0) is 17.6. The summed E-state index contributed by atoms with van der Waals surface area (Å²) in [6.07, 6.45) is 1.36. The van der Waals surface area contributed by atoms with Crippen molar-refractivity contribution in [3.8, 4) is 0 Å². The van der Waals surface area contributed by atoms with E-state index in [4.69, 9.17) is 4.74 Å². The second-order valence-corrected chi connectivity index (χ2v) is 5.53. The van der Waals surface area contributed by atoms with Crippen molar-refractivity contribution in [2.75, 3.05) is 0 Å². The summed E-state index contributed by atoms with van der Waals surface area (Å²) in [5.74, 6) is -3.48. The predicted molar refractivity (Wildman–Crippen MR) is 80.4 cm³/mol. The Hall–Kier alpha value is -1.72. The molecule has 0 fully saturated rings. The van der Waals surface area contributed by atoms with Gasteiger partial charge in [0, 0.05) is 6.42 Å². The van der Waals surface area contributed by atoms with Crippen molar-refractivity contribution in [3.05, 3.63) is 0 Å². The van der Waals surface area contributed by atoms with E-state index < -0.39 is 34.5 Å². The number of Topliss-reactive ketones (excluding diaryl/α,β-unsaturated/α-hetero) is 2. The van der Waals surface area contributed by atoms with Gasteiger partial charge in [0.2, 0.25) is 5.60 Å². The molecule has 6 nitrogen and oxygen atoms in total. The van der Waals surface area contributed by atoms with Gasteiger partial charge in [-0.25, -0.2) is 0 Å². The molecule has 0 radical (unpaired) electrons. The summed E-state index contributed by atoms with van der Waals surface area (Å²) in [5.41, 5.74) is -3.61. The van der Waals surface area contributed by atoms with E-state index in [9.17, 15) is 24.3 Å². The molecule has 0 aromatic carbocycles. The van der Waals surface area contributed by atoms with Crippen LogP contribution in [0.4, 0.5) is 0 Å². The van der Waals surface area contributed by atoms with Gasteiger partial charge in [-0.15, -0.1) is 0 Å². The molecule has 0 saturated carbocycles. The molecule has 0 aromatic heterocycles. The first-order chi connectivity index (χ1) is 10.1. The van der Waals surface area contributed by atoms with Gasteiger partial charge < -0.3 is 9.84 Å². The molecule has 0 aliphatic rings. The summed E-state index contributed by atoms with van der Waals surface area (Å²) in [4.78, 5) is 47.9. The number of carboxylic acids is 1. The summed E-state index contributed by atoms with van der Waals surface area (Å²) in [5, 5.41) is 9.37. The second kappa shape index (κ2) is 8.06. The van der Waals surface area contributed by atoms with E-state index in [-0.39, 0.29) is 19.3 Å². The first-order valence-corrected chi connectivity index (χ1v) is 7.63. The Morgan fingerprint density at radius 3 is 1.68 bits per heavy atom. The average Bonchev–Trinajstić information content (AvgIpc) is 2.44. The summed E-state index contributed by atoms with van der Waals surface area (Å²) < 4.78 is 5.25. The lowest BCUT2D eigenvalue weighted by atomic mass is 9.81. The Balaban J connectivity index is 5.73. The highest BCUT2D eigenvalue weighted by atomic mass is 16.6. The molecule has 0 rings (SSSR count). The molecule has 0 spiro atoms. The van der Waals surface area contributed by atoms with Crippen LogP contribution in [-0.4, -0.2) is 34.2 Å². The molecule has 0 atom stereocenters. The Morgan fingerprint density at radius 2 is 1.41 bits per heavy atom. The van der Waals surface area contributed by atoms with Crippen molar-refractivity contribution < 1.29 is 29.0 Å². The van der Waals surface area contributed by atoms with Crippen LogP contribution in [0.5, 0.6) is 0 Å². The molecule has 0 saturated heterocycles. The van der Waals surface area contributed by atoms with Gasteiger partial charge in [-0.2, -0.15) is 0 Å². The van der Waals surface area contributed by atoms with Gasteiger partial charge in [-0.3, -0.25) is 19.2 Å². The lowest BCUT2D eigenvalue weighted by molar-refractivity contribution is -0.187. The molecule has 0 bridgehead atoms. The predicted octanol–water partition coefficient (Wildman–Crippen LogP) is 2.53. The number of unbranched alkanes of at least 4 members (excludes halogenated alkanes) is 1. The van der Waals surface area contributed by atoms with E-state index in [1.165, 1.54) is 13.8 Å². The Kier molecular flexibility index (Phi) is 7.43. The van der Waals surface area contributed by atoms with Gasteiger partial charge in [0.25, 0.3) is 0 Å². The minimum atomic E-state index is -1.88. The molecular formula is C16H26O6. The Bertz CT molecular complexity index is 434. The SMILES string of the molecule is CCCCC(OC(=O)C(CC)(CC)C(=O)O)(C(C)=O)C(C)=O. The van der Waals surface area contributed by atoms with Crippen molar-refractivity contribution >= 4 is 23.5 Å². The minimum Gasteiger partial charge on any atom is -0.480 e. The maximum atomic E-state index is 12.4. The standard InChI is InChI=1S/C16H26O6/c1-6-9-10-16(11(4)17,12(5)18)22-14(21)15(7-2,8-3)13(19)20/h6-10H2,1-5H3,(H,19,20). The van der Waals surface area contributed by atoms with Crippen LogP contribution in [0.25, 0.3) is 0 Å². The molecule has 0 aliphatic heterocycles. The van der Waals surface area contributed by atoms with Crippen molar-refractivity contribution in [3.63, 3.8) is 0 Å². The second-order valence-electron chi connectivity index (χ2n) is 5.53. The van der Waals surface area contributed by atoms with E-state index >= 15 is 0 Å². The molecule has 0 unspecified atom stereocenters. The molecule has 22 heavy (non-hydrogen) atoms. The van der Waals surface area contributed by atoms with Gasteiger partial charge in [-0.1, -0.05) is 27.2 Å². The monoisotopic (exact) mass is 314 g/mol. The number of aliphatic carboxylic acids is 1. The van der Waals surface area contributed by atoms with Crippen LogP contribution < -0.4 is 0 Å². The van der Waals surface area contributed by atoms with Gasteiger partial charge >= 0.3 is 11.9 Å². The third kappa shape index (κ3) is 3.72. The van der Waals surface area contributed by atoms with Crippen LogP contribution in [0.15, 0.2) is 0 Å². The van der Waals surface area contributed by atoms with E-state index in [0.717, 1.165) is 0 Å². The number of carboxylic acid groups (broad SMARTS) is 1. The van der Waals surface area contributed by atoms with Crippen LogP contribution in [0.2, 0.25) is 0 Å². The summed E-state index contributed by atoms with van der Waals surface area (Å²) >= 11 is 0. The average molecular weight is 314 g/mol. The zero-order valence-electron chi connectivity index (χ0n) is 14.0. The highest BCUT2D eigenvalue weighted by Crippen LogP contribution is 2.33. The number of rotatable bonds is 10. The van der Waals surface area contributed by atoms with Crippen molar-refractivity contribution in [2.45, 2.75) is 72.3 Å². The summed E-state index contributed by atoms with van der Waals surface area (Å²) in [6.45, 7) is 7.38. The number of hydrogen-bond donors (Lipinski definition) is 1. The molecule has 0 heterocycles. The third-order valence-electron chi connectivity index (χ3n) is 4.29. The smallest absolute Gasteiger partial charge is 0.324 e. The van der Waals surface area contributed by atoms with E-state index in [1.807, 2.05) is 6.92 Å². The van der Waals surface area contributed by atoms with Crippen LogP contribution in [0.1, 0.15) is 66.7 Å². The zero-order valence-corrected chi connectivity index (χ0v) is 14.0. The van der Waals surface area contributed by atoms with Crippen LogP contribution >= 0.6 is 0 Å². The van der Waals surface area contributed by atoms with Crippen LogP contribution in [-0.2, 0) is 23.9 Å². The van der Waals surface area contributed by atoms with Gasteiger partial charge in [-0.05, 0) is 33.1 Å². The van der Waals surface area contributed by atoms with Crippen molar-refractivity contribution in [1.29, 1.82) is 0 Å². The number of ether oxygens (including phenoxy) is 1. The first kappa shape index (κ1) is 20.3. The summed E-state index contributed by atoms with van der Waals surface area (Å²) in [6, 6.07) is 0. The molecule has 0 amide bonds. The van der Waals surface area contributed by atoms with Crippen molar-refractivity contribution in [1.82, 2.24) is 0 Å². The van der Waals surface area contributed by atoms with Crippen LogP contribution in [0.3, 0.4) is 0 Å². The van der Waals surface area contributed by atoms with E-state index in [0.29, 0.717) is 12.8 Å². The van der Waals surface area contributed by atoms with Gasteiger partial charge in [0.1, 0.15) is 0 Å². The number of carbonyl (C=O) groups excluding carboxylic acids is 3. The van der Waals surface area contributed by atoms with E-state index in [1.54, 1.807) is 13.8 Å². The van der Waals surface area contributed by atoms with Crippen LogP contribution in [0, 0.1) is 5.41 Å². The fraction of sp³-hybridized carbons (Fsp3) is 0.750. The molecule has 1 N–H and O–H groups in total. The quantitative estimate of drug-likeness (QED) is 0.491. The third-order valence-corrected chi connectivity index (χ3v) is 4.29. The lowest BCUT2D eigenvalue weighted by Crippen LogP contribution is -2.52. The van der Waals surface area contributed by atoms with Gasteiger partial charge in [0.05, 0.1) is 0 Å². The number of hydrogen-bond acceptors (Lipinski definition) is 5. The minimum absolute atomic E-state index is 0.0251. The normalized spacial score (nSPS) is 11.9. The number of ketones is 2. The molecule has 6 heteroatoms. The number of esters is 1. The molecule has 0 aromatic rings. The Morgan fingerprint density at radius 1 is 0.955 bits per heavy atom. The highest BCUT2D eigenvalue weighted by molar-refractivity contribution is 6.11. The fourth-order valence-electron chi connectivity index (χ4n) is 2.40. The maximum Gasteiger partial charge on any atom is 0.324 e. The Labute approximate surface area is 131 Å². The topological polar surface area (TPSA) is 97.7 Å². The number of carbonyl (C=O) groups is 4.